The molecule has 0 aromatic rings. The van der Waals surface area contributed by atoms with Gasteiger partial charge in [-0.15, -0.1) is 0 Å². The topological polar surface area (TPSA) is 63.4 Å². The van der Waals surface area contributed by atoms with E-state index in [-0.39, 0.29) is 25.4 Å². The first-order chi connectivity index (χ1) is 6.66. The lowest BCUT2D eigenvalue weighted by atomic mass is 10.0. The van der Waals surface area contributed by atoms with Gasteiger partial charge in [-0.2, -0.15) is 17.5 Å². The first-order valence-corrected chi connectivity index (χ1v) is 5.94. The summed E-state index contributed by atoms with van der Waals surface area (Å²) in [6.45, 7) is 1.27. The zero-order chi connectivity index (χ0) is 11.9. The molecule has 1 fully saturated rings. The van der Waals surface area contributed by atoms with Gasteiger partial charge in [0, 0.05) is 18.6 Å². The maximum Gasteiger partial charge on any atom is 0.511 e. The Morgan fingerprint density at radius 2 is 1.93 bits per heavy atom. The summed E-state index contributed by atoms with van der Waals surface area (Å²) in [5, 5.41) is 0. The van der Waals surface area contributed by atoms with E-state index in [0.29, 0.717) is 4.31 Å². The second kappa shape index (κ2) is 3.91. The van der Waals surface area contributed by atoms with Crippen LogP contribution >= 0.6 is 0 Å². The van der Waals surface area contributed by atoms with E-state index in [4.69, 9.17) is 5.73 Å². The molecule has 1 rings (SSSR count). The molecule has 2 atom stereocenters. The average Bonchev–Trinajstić information content (AvgIpc) is 2.00. The quantitative estimate of drug-likeness (QED) is 0.738. The zero-order valence-corrected chi connectivity index (χ0v) is 8.98. The number of nitrogens with zero attached hydrogens (tertiary/aromatic N) is 1. The van der Waals surface area contributed by atoms with Gasteiger partial charge in [-0.3, -0.25) is 0 Å². The van der Waals surface area contributed by atoms with Crippen LogP contribution in [0.3, 0.4) is 0 Å². The second-order valence-corrected chi connectivity index (χ2v) is 5.58. The number of halogens is 3. The Bertz CT molecular complexity index is 328. The molecule has 0 aliphatic carbocycles. The smallest absolute Gasteiger partial charge is 0.328 e. The molecule has 0 aromatic heterocycles. The number of alkyl halides is 3. The van der Waals surface area contributed by atoms with Crippen molar-refractivity contribution in [1.29, 1.82) is 0 Å². The van der Waals surface area contributed by atoms with Crippen LogP contribution in [0.4, 0.5) is 13.2 Å². The van der Waals surface area contributed by atoms with E-state index in [0.717, 1.165) is 0 Å². The van der Waals surface area contributed by atoms with Crippen LogP contribution in [-0.2, 0) is 10.0 Å². The Hall–Kier alpha value is -0.340. The maximum atomic E-state index is 12.2. The lowest BCUT2D eigenvalue weighted by Gasteiger charge is -2.35. The van der Waals surface area contributed by atoms with Gasteiger partial charge in [-0.25, -0.2) is 8.42 Å². The number of nitrogens with two attached hydrogens (primary N) is 1. The summed E-state index contributed by atoms with van der Waals surface area (Å²) in [4.78, 5) is 0. The molecule has 0 spiro atoms. The molecule has 2 unspecified atom stereocenters. The Morgan fingerprint density at radius 1 is 1.40 bits per heavy atom. The standard InChI is InChI=1S/C7H13F3N2O2S/c1-5-4-6(11)2-3-12(5)15(13,14)7(8,9)10/h5-6H,2-4,11H2,1H3. The fraction of sp³-hybridized carbons (Fsp3) is 1.00. The van der Waals surface area contributed by atoms with Crippen molar-refractivity contribution in [3.8, 4) is 0 Å². The second-order valence-electron chi connectivity index (χ2n) is 3.69. The normalized spacial score (nSPS) is 30.5. The lowest BCUT2D eigenvalue weighted by molar-refractivity contribution is -0.0507. The van der Waals surface area contributed by atoms with Gasteiger partial charge < -0.3 is 5.73 Å². The van der Waals surface area contributed by atoms with Crippen molar-refractivity contribution >= 4 is 10.0 Å². The molecule has 0 aromatic carbocycles. The monoisotopic (exact) mass is 246 g/mol. The van der Waals surface area contributed by atoms with Gasteiger partial charge >= 0.3 is 15.5 Å². The molecular formula is C7H13F3N2O2S. The number of hydrogen-bond acceptors (Lipinski definition) is 3. The number of hydrogen-bond donors (Lipinski definition) is 1. The van der Waals surface area contributed by atoms with Crippen molar-refractivity contribution in [2.45, 2.75) is 37.4 Å². The van der Waals surface area contributed by atoms with Crippen LogP contribution in [0.1, 0.15) is 19.8 Å². The molecular weight excluding hydrogens is 233 g/mol. The Kier molecular flexibility index (Phi) is 3.32. The van der Waals surface area contributed by atoms with Crippen LogP contribution in [0, 0.1) is 0 Å². The third-order valence-electron chi connectivity index (χ3n) is 2.46. The third-order valence-corrected chi connectivity index (χ3v) is 4.20. The molecule has 2 N–H and O–H groups in total. The molecule has 0 saturated carbocycles. The molecule has 1 heterocycles. The lowest BCUT2D eigenvalue weighted by Crippen LogP contribution is -2.52. The summed E-state index contributed by atoms with van der Waals surface area (Å²) in [6.07, 6.45) is 0.523. The van der Waals surface area contributed by atoms with Gasteiger partial charge in [-0.1, -0.05) is 0 Å². The summed E-state index contributed by atoms with van der Waals surface area (Å²) in [5.74, 6) is 0. The molecule has 0 amide bonds. The van der Waals surface area contributed by atoms with E-state index in [1.165, 1.54) is 6.92 Å². The highest BCUT2D eigenvalue weighted by molar-refractivity contribution is 7.90. The van der Waals surface area contributed by atoms with Crippen molar-refractivity contribution in [3.05, 3.63) is 0 Å². The predicted octanol–water partition coefficient (Wildman–Crippen LogP) is 0.648. The number of sulfonamides is 1. The fourth-order valence-corrected chi connectivity index (χ4v) is 2.85. The molecule has 8 heteroatoms. The Morgan fingerprint density at radius 3 is 2.33 bits per heavy atom. The van der Waals surface area contributed by atoms with Crippen molar-refractivity contribution in [2.75, 3.05) is 6.54 Å². The van der Waals surface area contributed by atoms with Crippen LogP contribution in [0.15, 0.2) is 0 Å². The SMILES string of the molecule is CC1CC(N)CCN1S(=O)(=O)C(F)(F)F. The minimum absolute atomic E-state index is 0.163. The van der Waals surface area contributed by atoms with Crippen LogP contribution in [0.25, 0.3) is 0 Å². The molecule has 0 bridgehead atoms. The summed E-state index contributed by atoms with van der Waals surface area (Å²) < 4.78 is 59.3. The Labute approximate surface area is 86.3 Å². The maximum absolute atomic E-state index is 12.2. The van der Waals surface area contributed by atoms with Crippen LogP contribution < -0.4 is 5.73 Å². The third kappa shape index (κ3) is 2.43. The van der Waals surface area contributed by atoms with Crippen LogP contribution in [0.2, 0.25) is 0 Å². The molecule has 90 valence electrons. The van der Waals surface area contributed by atoms with Crippen molar-refractivity contribution < 1.29 is 21.6 Å². The highest BCUT2D eigenvalue weighted by Crippen LogP contribution is 2.31. The van der Waals surface area contributed by atoms with E-state index in [2.05, 4.69) is 0 Å². The Balaban J connectivity index is 2.90. The van der Waals surface area contributed by atoms with E-state index in [9.17, 15) is 21.6 Å². The predicted molar refractivity (Wildman–Crippen MR) is 48.4 cm³/mol. The van der Waals surface area contributed by atoms with Gasteiger partial charge in [0.1, 0.15) is 0 Å². The first kappa shape index (κ1) is 12.7. The van der Waals surface area contributed by atoms with Gasteiger partial charge in [0.2, 0.25) is 0 Å². The summed E-state index contributed by atoms with van der Waals surface area (Å²) >= 11 is 0. The van der Waals surface area contributed by atoms with E-state index < -0.39 is 21.6 Å². The fourth-order valence-electron chi connectivity index (χ4n) is 1.68. The van der Waals surface area contributed by atoms with Gasteiger partial charge in [0.25, 0.3) is 0 Å². The minimum atomic E-state index is -5.22. The highest BCUT2D eigenvalue weighted by Gasteiger charge is 2.51. The molecule has 15 heavy (non-hydrogen) atoms. The van der Waals surface area contributed by atoms with Crippen LogP contribution in [-0.4, -0.2) is 36.9 Å². The molecule has 1 aliphatic heterocycles. The van der Waals surface area contributed by atoms with Gasteiger partial charge in [-0.05, 0) is 19.8 Å². The van der Waals surface area contributed by atoms with E-state index >= 15 is 0 Å². The van der Waals surface area contributed by atoms with Crippen molar-refractivity contribution in [2.24, 2.45) is 5.73 Å². The van der Waals surface area contributed by atoms with E-state index in [1.54, 1.807) is 0 Å². The summed E-state index contributed by atoms with van der Waals surface area (Å²) in [7, 11) is -5.19. The molecule has 0 radical (unpaired) electrons. The molecule has 4 nitrogen and oxygen atoms in total. The van der Waals surface area contributed by atoms with E-state index in [1.807, 2.05) is 0 Å². The minimum Gasteiger partial charge on any atom is -0.328 e. The zero-order valence-electron chi connectivity index (χ0n) is 8.16. The summed E-state index contributed by atoms with van der Waals surface area (Å²) in [6, 6.07) is -0.917. The largest absolute Gasteiger partial charge is 0.511 e. The molecule has 1 saturated heterocycles. The number of rotatable bonds is 1. The van der Waals surface area contributed by atoms with Crippen molar-refractivity contribution in [1.82, 2.24) is 4.31 Å². The van der Waals surface area contributed by atoms with Crippen LogP contribution in [0.5, 0.6) is 0 Å². The first-order valence-electron chi connectivity index (χ1n) is 4.50. The van der Waals surface area contributed by atoms with Gasteiger partial charge in [0.05, 0.1) is 0 Å². The molecule has 1 aliphatic rings. The summed E-state index contributed by atoms with van der Waals surface area (Å²) in [5.41, 5.74) is 0.317. The average molecular weight is 246 g/mol. The number of piperidine rings is 1. The van der Waals surface area contributed by atoms with Gasteiger partial charge in [0.15, 0.2) is 0 Å². The highest BCUT2D eigenvalue weighted by atomic mass is 32.2. The van der Waals surface area contributed by atoms with Crippen molar-refractivity contribution in [3.63, 3.8) is 0 Å².